The number of hydrogen-bond donors (Lipinski definition) is 4. The zero-order chi connectivity index (χ0) is 38.8. The lowest BCUT2D eigenvalue weighted by Crippen LogP contribution is -2.49. The first-order chi connectivity index (χ1) is 23.9. The molecule has 0 aromatic carbocycles. The zero-order valence-corrected chi connectivity index (χ0v) is 32.6. The van der Waals surface area contributed by atoms with Crippen molar-refractivity contribution in [1.82, 2.24) is 21.3 Å². The third kappa shape index (κ3) is 12.0. The Morgan fingerprint density at radius 3 is 0.962 bits per heavy atom. The number of carbonyl (C=O) groups excluding carboxylic acids is 4. The van der Waals surface area contributed by atoms with E-state index in [9.17, 15) is 19.2 Å². The summed E-state index contributed by atoms with van der Waals surface area (Å²) in [7, 11) is 0. The Hall–Kier alpha value is -3.96. The van der Waals surface area contributed by atoms with E-state index in [0.29, 0.717) is 62.8 Å². The van der Waals surface area contributed by atoms with Gasteiger partial charge in [-0.15, -0.1) is 0 Å². The maximum atomic E-state index is 14.3. The highest BCUT2D eigenvalue weighted by atomic mass is 16.6. The topological polar surface area (TPSA) is 153 Å². The summed E-state index contributed by atoms with van der Waals surface area (Å²) in [6.45, 7) is 32.0. The number of hydrogen-bond acceptors (Lipinski definition) is 12. The van der Waals surface area contributed by atoms with Crippen LogP contribution >= 0.6 is 0 Å². The van der Waals surface area contributed by atoms with Gasteiger partial charge in [0.25, 0.3) is 0 Å². The van der Waals surface area contributed by atoms with Crippen LogP contribution in [0.5, 0.6) is 0 Å². The average Bonchev–Trinajstić information content (AvgIpc) is 2.90. The van der Waals surface area contributed by atoms with Gasteiger partial charge in [0.2, 0.25) is 0 Å². The van der Waals surface area contributed by atoms with E-state index in [1.165, 1.54) is 0 Å². The highest BCUT2D eigenvalue weighted by Gasteiger charge is 2.45. The molecule has 0 spiro atoms. The summed E-state index contributed by atoms with van der Waals surface area (Å²) in [6.07, 6.45) is 0.394. The Kier molecular flexibility index (Phi) is 12.2. The second-order valence-corrected chi connectivity index (χ2v) is 18.0. The summed E-state index contributed by atoms with van der Waals surface area (Å²) < 4.78 is 24.0. The average molecular weight is 727 g/mol. The highest BCUT2D eigenvalue weighted by Crippen LogP contribution is 2.34. The van der Waals surface area contributed by atoms with Crippen molar-refractivity contribution in [3.05, 3.63) is 49.1 Å². The molecule has 12 heteroatoms. The van der Waals surface area contributed by atoms with Gasteiger partial charge < -0.3 is 40.2 Å². The van der Waals surface area contributed by atoms with Crippen LogP contribution in [0.1, 0.15) is 120 Å². The molecule has 4 N–H and O–H groups in total. The molecule has 0 aliphatic carbocycles. The Morgan fingerprint density at radius 1 is 0.500 bits per heavy atom. The fraction of sp³-hybridized carbons (Fsp3) is 0.700. The van der Waals surface area contributed by atoms with Gasteiger partial charge in [0.05, 0.1) is 24.7 Å². The predicted octanol–water partition coefficient (Wildman–Crippen LogP) is 5.35. The van der Waals surface area contributed by atoms with E-state index in [1.54, 1.807) is 0 Å². The van der Waals surface area contributed by atoms with Crippen molar-refractivity contribution in [2.24, 2.45) is 11.8 Å². The minimum Gasteiger partial charge on any atom is -0.462 e. The van der Waals surface area contributed by atoms with Gasteiger partial charge >= 0.3 is 23.9 Å². The van der Waals surface area contributed by atoms with E-state index in [2.05, 4.69) is 47.6 Å². The van der Waals surface area contributed by atoms with Gasteiger partial charge in [-0.2, -0.15) is 0 Å². The van der Waals surface area contributed by atoms with Crippen molar-refractivity contribution < 1.29 is 38.1 Å². The SMILES string of the molecule is C=C1CC(OC(=O)CC(C(=O)OC2CC(=C)NC(C)(C)C2)C(CC(=O)OC2CC(=C)NC(C)(C)C2)C(=O)OC2CC(=C)NC(C)(C)C2)CC(C)(C)N1. The molecular formula is C40H62N4O8. The first-order valence-corrected chi connectivity index (χ1v) is 18.5. The zero-order valence-electron chi connectivity index (χ0n) is 32.6. The standard InChI is InChI=1S/C40H62N4O8/c1-23-13-27(19-37(5,6)41-23)49-33(45)17-31(35(47)51-29-15-25(3)43-39(9,10)21-29)32(36(48)52-30-16-26(4)44-40(11,12)22-30)18-34(46)50-28-14-24(2)42-38(7,8)20-28/h27-32,41-44H,1-4,13-22H2,5-12H3. The van der Waals surface area contributed by atoms with Gasteiger partial charge in [0, 0.05) is 96.3 Å². The first-order valence-electron chi connectivity index (χ1n) is 18.5. The van der Waals surface area contributed by atoms with E-state index >= 15 is 0 Å². The molecule has 0 amide bonds. The van der Waals surface area contributed by atoms with Crippen LogP contribution in [-0.2, 0) is 38.1 Å². The van der Waals surface area contributed by atoms with Crippen molar-refractivity contribution in [2.45, 2.75) is 166 Å². The lowest BCUT2D eigenvalue weighted by atomic mass is 9.85. The number of piperidine rings is 4. The maximum absolute atomic E-state index is 14.3. The molecule has 0 aromatic rings. The van der Waals surface area contributed by atoms with Crippen LogP contribution < -0.4 is 21.3 Å². The van der Waals surface area contributed by atoms with Crippen molar-refractivity contribution in [1.29, 1.82) is 0 Å². The van der Waals surface area contributed by atoms with Gasteiger partial charge in [0.1, 0.15) is 24.4 Å². The molecular weight excluding hydrogens is 664 g/mol. The molecule has 12 nitrogen and oxygen atoms in total. The lowest BCUT2D eigenvalue weighted by molar-refractivity contribution is -0.175. The third-order valence-corrected chi connectivity index (χ3v) is 9.94. The van der Waals surface area contributed by atoms with E-state index in [4.69, 9.17) is 18.9 Å². The van der Waals surface area contributed by atoms with Crippen LogP contribution in [0.25, 0.3) is 0 Å². The summed E-state index contributed by atoms with van der Waals surface area (Å²) in [5, 5.41) is 13.3. The lowest BCUT2D eigenvalue weighted by Gasteiger charge is -2.40. The molecule has 0 bridgehead atoms. The molecule has 0 saturated carbocycles. The number of nitrogens with one attached hydrogen (secondary N) is 4. The monoisotopic (exact) mass is 726 g/mol. The Balaban J connectivity index is 1.64. The Morgan fingerprint density at radius 2 is 0.731 bits per heavy atom. The molecule has 6 unspecified atom stereocenters. The summed E-state index contributed by atoms with van der Waals surface area (Å²) >= 11 is 0. The number of rotatable bonds is 11. The molecule has 0 aromatic heterocycles. The van der Waals surface area contributed by atoms with Gasteiger partial charge in [-0.25, -0.2) is 0 Å². The van der Waals surface area contributed by atoms with E-state index < -0.39 is 84.0 Å². The van der Waals surface area contributed by atoms with Crippen molar-refractivity contribution in [3.8, 4) is 0 Å². The summed E-state index contributed by atoms with van der Waals surface area (Å²) in [6, 6.07) is 0. The molecule has 4 fully saturated rings. The smallest absolute Gasteiger partial charge is 0.310 e. The quantitative estimate of drug-likeness (QED) is 0.160. The van der Waals surface area contributed by atoms with Crippen molar-refractivity contribution in [3.63, 3.8) is 0 Å². The second kappa shape index (κ2) is 15.6. The van der Waals surface area contributed by atoms with Crippen LogP contribution in [0.3, 0.4) is 0 Å². The van der Waals surface area contributed by atoms with Crippen LogP contribution in [0.2, 0.25) is 0 Å². The highest BCUT2D eigenvalue weighted by molar-refractivity contribution is 5.89. The number of ether oxygens (including phenoxy) is 4. The molecule has 0 radical (unpaired) electrons. The Bertz CT molecular complexity index is 1350. The summed E-state index contributed by atoms with van der Waals surface area (Å²) in [5.74, 6) is -5.74. The molecule has 4 heterocycles. The summed E-state index contributed by atoms with van der Waals surface area (Å²) in [4.78, 5) is 56.1. The van der Waals surface area contributed by atoms with E-state index in [0.717, 1.165) is 11.4 Å². The van der Waals surface area contributed by atoms with Crippen LogP contribution in [0, 0.1) is 11.8 Å². The minimum atomic E-state index is -1.39. The van der Waals surface area contributed by atoms with Crippen LogP contribution in [0.4, 0.5) is 0 Å². The van der Waals surface area contributed by atoms with Crippen LogP contribution in [-0.4, -0.2) is 70.4 Å². The molecule has 290 valence electrons. The predicted molar refractivity (Wildman–Crippen MR) is 198 cm³/mol. The molecule has 4 rings (SSSR count). The Labute approximate surface area is 309 Å². The third-order valence-electron chi connectivity index (χ3n) is 9.94. The van der Waals surface area contributed by atoms with E-state index in [-0.39, 0.29) is 11.1 Å². The molecule has 4 aliphatic heterocycles. The van der Waals surface area contributed by atoms with Crippen LogP contribution in [0.15, 0.2) is 49.1 Å². The van der Waals surface area contributed by atoms with Gasteiger partial charge in [0.15, 0.2) is 0 Å². The molecule has 52 heavy (non-hydrogen) atoms. The fourth-order valence-electron chi connectivity index (χ4n) is 8.43. The molecule has 6 atom stereocenters. The number of carbonyl (C=O) groups is 4. The van der Waals surface area contributed by atoms with Gasteiger partial charge in [-0.05, 0) is 55.4 Å². The fourth-order valence-corrected chi connectivity index (χ4v) is 8.43. The first kappa shape index (κ1) is 40.8. The van der Waals surface area contributed by atoms with Crippen molar-refractivity contribution >= 4 is 23.9 Å². The van der Waals surface area contributed by atoms with Gasteiger partial charge in [-0.3, -0.25) is 19.2 Å². The largest absolute Gasteiger partial charge is 0.462 e. The maximum Gasteiger partial charge on any atom is 0.310 e. The van der Waals surface area contributed by atoms with Crippen molar-refractivity contribution in [2.75, 3.05) is 0 Å². The minimum absolute atomic E-state index is 0.359. The van der Waals surface area contributed by atoms with E-state index in [1.807, 2.05) is 55.4 Å². The summed E-state index contributed by atoms with van der Waals surface area (Å²) in [5.41, 5.74) is 1.35. The number of esters is 4. The molecule has 4 saturated heterocycles. The normalized spacial score (nSPS) is 28.7. The van der Waals surface area contributed by atoms with Gasteiger partial charge in [-0.1, -0.05) is 26.3 Å². The second-order valence-electron chi connectivity index (χ2n) is 18.0. The molecule has 4 aliphatic rings.